The van der Waals surface area contributed by atoms with E-state index in [2.05, 4.69) is 9.97 Å². The first kappa shape index (κ1) is 15.6. The molecule has 1 amide bonds. The second kappa shape index (κ2) is 6.86. The summed E-state index contributed by atoms with van der Waals surface area (Å²) in [5, 5.41) is 0. The Morgan fingerprint density at radius 1 is 1.43 bits per heavy atom. The predicted octanol–water partition coefficient (Wildman–Crippen LogP) is 2.68. The normalized spacial score (nSPS) is 18.0. The van der Waals surface area contributed by atoms with Crippen LogP contribution in [0.1, 0.15) is 35.8 Å². The monoisotopic (exact) mass is 313 g/mol. The molecule has 5 heteroatoms. The van der Waals surface area contributed by atoms with Gasteiger partial charge < -0.3 is 14.6 Å². The molecule has 0 aliphatic carbocycles. The number of carbonyl (C=O) groups is 1. The van der Waals surface area contributed by atoms with Crippen LogP contribution < -0.4 is 4.74 Å². The van der Waals surface area contributed by atoms with Gasteiger partial charge in [0.2, 0.25) is 5.91 Å². The summed E-state index contributed by atoms with van der Waals surface area (Å²) in [6.45, 7) is 3.56. The van der Waals surface area contributed by atoms with Crippen molar-refractivity contribution in [2.24, 2.45) is 0 Å². The number of nitrogens with one attached hydrogen (secondary N) is 1. The Morgan fingerprint density at radius 2 is 2.26 bits per heavy atom. The Labute approximate surface area is 136 Å². The van der Waals surface area contributed by atoms with E-state index < -0.39 is 0 Å². The number of aryl methyl sites for hydroxylation is 1. The molecule has 1 aliphatic rings. The quantitative estimate of drug-likeness (QED) is 0.944. The van der Waals surface area contributed by atoms with Crippen molar-refractivity contribution >= 4 is 5.91 Å². The maximum atomic E-state index is 12.7. The molecule has 122 valence electrons. The van der Waals surface area contributed by atoms with Crippen LogP contribution in [0.15, 0.2) is 30.5 Å². The van der Waals surface area contributed by atoms with Crippen molar-refractivity contribution in [2.45, 2.75) is 32.1 Å². The number of likely N-dealkylation sites (tertiary alicyclic amines) is 1. The maximum absolute atomic E-state index is 12.7. The molecule has 1 atom stereocenters. The van der Waals surface area contributed by atoms with E-state index in [-0.39, 0.29) is 5.91 Å². The lowest BCUT2D eigenvalue weighted by atomic mass is 9.96. The number of benzene rings is 1. The number of carbonyl (C=O) groups excluding carboxylic acids is 1. The molecule has 1 aromatic carbocycles. The lowest BCUT2D eigenvalue weighted by molar-refractivity contribution is -0.131. The highest BCUT2D eigenvalue weighted by Crippen LogP contribution is 2.26. The number of aromatic nitrogens is 2. The third kappa shape index (κ3) is 3.55. The highest BCUT2D eigenvalue weighted by Gasteiger charge is 2.26. The zero-order chi connectivity index (χ0) is 16.2. The van der Waals surface area contributed by atoms with Crippen molar-refractivity contribution in [1.82, 2.24) is 14.9 Å². The van der Waals surface area contributed by atoms with E-state index in [1.165, 1.54) is 0 Å². The topological polar surface area (TPSA) is 58.2 Å². The molecule has 0 unspecified atom stereocenters. The molecule has 3 rings (SSSR count). The fraction of sp³-hybridized carbons (Fsp3) is 0.444. The highest BCUT2D eigenvalue weighted by molar-refractivity contribution is 5.79. The van der Waals surface area contributed by atoms with Crippen molar-refractivity contribution in [1.29, 1.82) is 0 Å². The van der Waals surface area contributed by atoms with Crippen molar-refractivity contribution in [3.05, 3.63) is 47.5 Å². The van der Waals surface area contributed by atoms with Crippen LogP contribution >= 0.6 is 0 Å². The van der Waals surface area contributed by atoms with Gasteiger partial charge in [-0.1, -0.05) is 18.2 Å². The van der Waals surface area contributed by atoms with Crippen LogP contribution in [0.5, 0.6) is 5.75 Å². The molecule has 5 nitrogen and oxygen atoms in total. The fourth-order valence-electron chi connectivity index (χ4n) is 3.19. The van der Waals surface area contributed by atoms with E-state index in [4.69, 9.17) is 4.74 Å². The number of amides is 1. The summed E-state index contributed by atoms with van der Waals surface area (Å²) in [7, 11) is 1.64. The molecule has 1 aliphatic heterocycles. The molecule has 2 aromatic rings. The number of hydrogen-bond acceptors (Lipinski definition) is 3. The van der Waals surface area contributed by atoms with Crippen molar-refractivity contribution < 1.29 is 9.53 Å². The van der Waals surface area contributed by atoms with Crippen LogP contribution in [0.4, 0.5) is 0 Å². The largest absolute Gasteiger partial charge is 0.496 e. The molecule has 23 heavy (non-hydrogen) atoms. The molecule has 1 saturated heterocycles. The lowest BCUT2D eigenvalue weighted by Gasteiger charge is -2.32. The van der Waals surface area contributed by atoms with Crippen molar-refractivity contribution in [2.75, 3.05) is 20.2 Å². The van der Waals surface area contributed by atoms with Gasteiger partial charge >= 0.3 is 0 Å². The number of piperidine rings is 1. The Kier molecular flexibility index (Phi) is 4.65. The van der Waals surface area contributed by atoms with E-state index in [1.54, 1.807) is 7.11 Å². The summed E-state index contributed by atoms with van der Waals surface area (Å²) in [5.74, 6) is 2.23. The van der Waals surface area contributed by atoms with Gasteiger partial charge in [-0.25, -0.2) is 4.98 Å². The SMILES string of the molecule is COc1ccccc1CC(=O)N1CCC[C@H](c2ncc(C)[nH]2)C1. The van der Waals surface area contributed by atoms with Crippen LogP contribution in [0, 0.1) is 6.92 Å². The summed E-state index contributed by atoms with van der Waals surface area (Å²) in [6.07, 6.45) is 4.33. The number of hydrogen-bond donors (Lipinski definition) is 1. The summed E-state index contributed by atoms with van der Waals surface area (Å²) < 4.78 is 5.34. The first-order valence-corrected chi connectivity index (χ1v) is 8.08. The van der Waals surface area contributed by atoms with Gasteiger partial charge in [0.25, 0.3) is 0 Å². The van der Waals surface area contributed by atoms with Gasteiger partial charge in [-0.2, -0.15) is 0 Å². The number of H-pyrrole nitrogens is 1. The number of imidazole rings is 1. The lowest BCUT2D eigenvalue weighted by Crippen LogP contribution is -2.40. The van der Waals surface area contributed by atoms with Crippen LogP contribution in [0.2, 0.25) is 0 Å². The second-order valence-electron chi connectivity index (χ2n) is 6.12. The molecule has 1 aromatic heterocycles. The second-order valence-corrected chi connectivity index (χ2v) is 6.12. The Morgan fingerprint density at radius 3 is 3.00 bits per heavy atom. The van der Waals surface area contributed by atoms with E-state index in [9.17, 15) is 4.79 Å². The smallest absolute Gasteiger partial charge is 0.227 e. The molecule has 0 radical (unpaired) electrons. The first-order valence-electron chi connectivity index (χ1n) is 8.08. The van der Waals surface area contributed by atoms with E-state index >= 15 is 0 Å². The van der Waals surface area contributed by atoms with Gasteiger partial charge in [-0.05, 0) is 25.8 Å². The third-order valence-electron chi connectivity index (χ3n) is 4.42. The number of ether oxygens (including phenoxy) is 1. The third-order valence-corrected chi connectivity index (χ3v) is 4.42. The van der Waals surface area contributed by atoms with Gasteiger partial charge in [0.1, 0.15) is 11.6 Å². The number of rotatable bonds is 4. The predicted molar refractivity (Wildman–Crippen MR) is 88.6 cm³/mol. The Bertz CT molecular complexity index is 680. The number of nitrogens with zero attached hydrogens (tertiary/aromatic N) is 2. The standard InChI is InChI=1S/C18H23N3O2/c1-13-11-19-18(20-13)15-7-5-9-21(12-15)17(22)10-14-6-3-4-8-16(14)23-2/h3-4,6,8,11,15H,5,7,9-10,12H2,1-2H3,(H,19,20)/t15-/m0/s1. The maximum Gasteiger partial charge on any atom is 0.227 e. The summed E-state index contributed by atoms with van der Waals surface area (Å²) >= 11 is 0. The zero-order valence-electron chi connectivity index (χ0n) is 13.7. The molecular formula is C18H23N3O2. The summed E-state index contributed by atoms with van der Waals surface area (Å²) in [5.41, 5.74) is 2.01. The Hall–Kier alpha value is -2.30. The van der Waals surface area contributed by atoms with Gasteiger partial charge in [0, 0.05) is 36.5 Å². The van der Waals surface area contributed by atoms with Gasteiger partial charge in [-0.3, -0.25) is 4.79 Å². The molecule has 0 bridgehead atoms. The van der Waals surface area contributed by atoms with E-state index in [1.807, 2.05) is 42.3 Å². The first-order chi connectivity index (χ1) is 11.2. The summed E-state index contributed by atoms with van der Waals surface area (Å²) in [4.78, 5) is 22.3. The highest BCUT2D eigenvalue weighted by atomic mass is 16.5. The molecule has 0 spiro atoms. The minimum atomic E-state index is 0.155. The molecule has 0 saturated carbocycles. The molecule has 1 fully saturated rings. The van der Waals surface area contributed by atoms with E-state index in [0.717, 1.165) is 48.8 Å². The van der Waals surface area contributed by atoms with Crippen molar-refractivity contribution in [3.8, 4) is 5.75 Å². The van der Waals surface area contributed by atoms with Gasteiger partial charge in [-0.15, -0.1) is 0 Å². The average Bonchev–Trinajstić information content (AvgIpc) is 3.02. The average molecular weight is 313 g/mol. The van der Waals surface area contributed by atoms with E-state index in [0.29, 0.717) is 12.3 Å². The van der Waals surface area contributed by atoms with Crippen LogP contribution in [0.25, 0.3) is 0 Å². The van der Waals surface area contributed by atoms with Crippen LogP contribution in [0.3, 0.4) is 0 Å². The number of aromatic amines is 1. The number of methoxy groups -OCH3 is 1. The fourth-order valence-corrected chi connectivity index (χ4v) is 3.19. The minimum Gasteiger partial charge on any atom is -0.496 e. The summed E-state index contributed by atoms with van der Waals surface area (Å²) in [6, 6.07) is 7.71. The Balaban J connectivity index is 1.67. The molecule has 2 heterocycles. The number of para-hydroxylation sites is 1. The minimum absolute atomic E-state index is 0.155. The molecular weight excluding hydrogens is 290 g/mol. The van der Waals surface area contributed by atoms with Gasteiger partial charge in [0.05, 0.1) is 13.5 Å². The van der Waals surface area contributed by atoms with Gasteiger partial charge in [0.15, 0.2) is 0 Å². The van der Waals surface area contributed by atoms with Crippen LogP contribution in [-0.2, 0) is 11.2 Å². The van der Waals surface area contributed by atoms with Crippen molar-refractivity contribution in [3.63, 3.8) is 0 Å². The molecule has 1 N–H and O–H groups in total. The van der Waals surface area contributed by atoms with Crippen LogP contribution in [-0.4, -0.2) is 41.0 Å². The zero-order valence-corrected chi connectivity index (χ0v) is 13.7.